The Bertz CT molecular complexity index is 1170. The molecule has 0 fully saturated rings. The smallest absolute Gasteiger partial charge is 0.278 e. The fourth-order valence-corrected chi connectivity index (χ4v) is 3.48. The van der Waals surface area contributed by atoms with E-state index in [2.05, 4.69) is 37.7 Å². The zero-order valence-corrected chi connectivity index (χ0v) is 14.8. The van der Waals surface area contributed by atoms with Gasteiger partial charge in [-0.1, -0.05) is 23.8 Å². The number of rotatable bonds is 3. The Labute approximate surface area is 151 Å². The third-order valence-electron chi connectivity index (χ3n) is 3.88. The van der Waals surface area contributed by atoms with E-state index in [1.807, 2.05) is 25.3 Å². The first-order valence-electron chi connectivity index (χ1n) is 7.80. The van der Waals surface area contributed by atoms with Crippen LogP contribution in [-0.2, 0) is 0 Å². The van der Waals surface area contributed by atoms with Gasteiger partial charge >= 0.3 is 0 Å². The van der Waals surface area contributed by atoms with Gasteiger partial charge in [-0.25, -0.2) is 9.61 Å². The van der Waals surface area contributed by atoms with Gasteiger partial charge in [0, 0.05) is 17.0 Å². The molecule has 130 valence electrons. The molecular weight excluding hydrogens is 352 g/mol. The summed E-state index contributed by atoms with van der Waals surface area (Å²) in [5, 5.41) is 14.9. The fourth-order valence-electron chi connectivity index (χ4n) is 2.66. The average molecular weight is 366 g/mol. The number of carbonyl (C=O) groups excluding carboxylic acids is 1. The highest BCUT2D eigenvalue weighted by Crippen LogP contribution is 2.28. The SMILES string of the molecule is Cc1ccc(-c2csc3nc(NC(=O)c4ccc(=O)[nH]n4)nn23)c(C)c1. The van der Waals surface area contributed by atoms with E-state index in [0.717, 1.165) is 16.8 Å². The molecular formula is C17H14N6O2S. The summed E-state index contributed by atoms with van der Waals surface area (Å²) in [6.45, 7) is 4.10. The molecule has 9 heteroatoms. The number of nitrogens with zero attached hydrogens (tertiary/aromatic N) is 4. The number of carbonyl (C=O) groups is 1. The first-order chi connectivity index (χ1) is 12.5. The Kier molecular flexibility index (Phi) is 3.85. The highest BCUT2D eigenvalue weighted by molar-refractivity contribution is 7.15. The second-order valence-corrected chi connectivity index (χ2v) is 6.67. The monoisotopic (exact) mass is 366 g/mol. The normalized spacial score (nSPS) is 11.0. The lowest BCUT2D eigenvalue weighted by Gasteiger charge is -2.05. The molecule has 4 rings (SSSR count). The number of aryl methyl sites for hydroxylation is 2. The highest BCUT2D eigenvalue weighted by Gasteiger charge is 2.16. The largest absolute Gasteiger partial charge is 0.288 e. The fraction of sp³-hybridized carbons (Fsp3) is 0.118. The van der Waals surface area contributed by atoms with Gasteiger partial charge in [0.25, 0.3) is 17.4 Å². The highest BCUT2D eigenvalue weighted by atomic mass is 32.1. The molecule has 0 saturated carbocycles. The zero-order chi connectivity index (χ0) is 18.3. The van der Waals surface area contributed by atoms with Gasteiger partial charge in [0.2, 0.25) is 4.96 Å². The van der Waals surface area contributed by atoms with Crippen LogP contribution in [-0.4, -0.2) is 30.7 Å². The molecule has 4 aromatic rings. The van der Waals surface area contributed by atoms with Gasteiger partial charge in [-0.15, -0.1) is 16.4 Å². The maximum atomic E-state index is 12.2. The Balaban J connectivity index is 1.66. The minimum atomic E-state index is -0.493. The minimum Gasteiger partial charge on any atom is -0.288 e. The molecule has 1 amide bonds. The van der Waals surface area contributed by atoms with Gasteiger partial charge in [0.15, 0.2) is 0 Å². The summed E-state index contributed by atoms with van der Waals surface area (Å²) in [5.41, 5.74) is 4.02. The molecule has 0 unspecified atom stereocenters. The van der Waals surface area contributed by atoms with Crippen molar-refractivity contribution < 1.29 is 4.79 Å². The predicted molar refractivity (Wildman–Crippen MR) is 98.6 cm³/mol. The van der Waals surface area contributed by atoms with Gasteiger partial charge in [-0.05, 0) is 25.5 Å². The minimum absolute atomic E-state index is 0.0809. The van der Waals surface area contributed by atoms with Crippen LogP contribution < -0.4 is 10.9 Å². The van der Waals surface area contributed by atoms with Crippen molar-refractivity contribution in [3.63, 3.8) is 0 Å². The lowest BCUT2D eigenvalue weighted by Crippen LogP contribution is -2.18. The van der Waals surface area contributed by atoms with Crippen LogP contribution >= 0.6 is 11.3 Å². The lowest BCUT2D eigenvalue weighted by atomic mass is 10.0. The third-order valence-corrected chi connectivity index (χ3v) is 4.69. The quantitative estimate of drug-likeness (QED) is 0.579. The second-order valence-electron chi connectivity index (χ2n) is 5.83. The molecule has 3 aromatic heterocycles. The van der Waals surface area contributed by atoms with E-state index in [-0.39, 0.29) is 17.2 Å². The van der Waals surface area contributed by atoms with Crippen molar-refractivity contribution in [3.8, 4) is 11.3 Å². The van der Waals surface area contributed by atoms with Crippen molar-refractivity contribution >= 4 is 28.2 Å². The number of aromatic amines is 1. The maximum absolute atomic E-state index is 12.2. The molecule has 8 nitrogen and oxygen atoms in total. The van der Waals surface area contributed by atoms with Crippen molar-refractivity contribution in [2.45, 2.75) is 13.8 Å². The molecule has 0 saturated heterocycles. The number of benzene rings is 1. The number of fused-ring (bicyclic) bond motifs is 1. The number of aromatic nitrogens is 5. The van der Waals surface area contributed by atoms with Crippen molar-refractivity contribution in [1.82, 2.24) is 24.8 Å². The van der Waals surface area contributed by atoms with E-state index in [1.165, 1.54) is 29.0 Å². The molecule has 1 aromatic carbocycles. The van der Waals surface area contributed by atoms with E-state index in [0.29, 0.717) is 4.96 Å². The van der Waals surface area contributed by atoms with Gasteiger partial charge in [0.1, 0.15) is 5.69 Å². The second kappa shape index (κ2) is 6.19. The molecule has 0 aliphatic rings. The first-order valence-corrected chi connectivity index (χ1v) is 8.68. The molecule has 26 heavy (non-hydrogen) atoms. The predicted octanol–water partition coefficient (Wildman–Crippen LogP) is 2.41. The number of amides is 1. The van der Waals surface area contributed by atoms with Crippen LogP contribution in [0.5, 0.6) is 0 Å². The van der Waals surface area contributed by atoms with Crippen molar-refractivity contribution in [1.29, 1.82) is 0 Å². The molecule has 0 aliphatic heterocycles. The lowest BCUT2D eigenvalue weighted by molar-refractivity contribution is 0.102. The average Bonchev–Trinajstić information content (AvgIpc) is 3.16. The Morgan fingerprint density at radius 2 is 2.08 bits per heavy atom. The van der Waals surface area contributed by atoms with Crippen LogP contribution in [0.15, 0.2) is 40.5 Å². The standard InChI is InChI=1S/C17H14N6O2S/c1-9-3-4-11(10(2)7-9)13-8-26-17-19-16(22-23(13)17)18-15(25)12-5-6-14(24)21-20-12/h3-8H,1-2H3,(H,21,24)(H,18,22,25). The van der Waals surface area contributed by atoms with Crippen LogP contribution in [0.4, 0.5) is 5.95 Å². The summed E-state index contributed by atoms with van der Waals surface area (Å²) in [4.78, 5) is 28.2. The van der Waals surface area contributed by atoms with E-state index >= 15 is 0 Å². The molecule has 0 spiro atoms. The summed E-state index contributed by atoms with van der Waals surface area (Å²) < 4.78 is 1.71. The summed E-state index contributed by atoms with van der Waals surface area (Å²) in [5.74, 6) is -0.312. The molecule has 0 atom stereocenters. The Hall–Kier alpha value is -3.33. The number of hydrogen-bond acceptors (Lipinski definition) is 6. The molecule has 2 N–H and O–H groups in total. The first kappa shape index (κ1) is 16.2. The van der Waals surface area contributed by atoms with E-state index in [4.69, 9.17) is 0 Å². The molecule has 0 radical (unpaired) electrons. The van der Waals surface area contributed by atoms with Crippen molar-refractivity contribution in [3.05, 3.63) is 62.9 Å². The van der Waals surface area contributed by atoms with E-state index < -0.39 is 5.91 Å². The van der Waals surface area contributed by atoms with Gasteiger partial charge < -0.3 is 0 Å². The Morgan fingerprint density at radius 3 is 2.81 bits per heavy atom. The number of H-pyrrole nitrogens is 1. The van der Waals surface area contributed by atoms with Crippen LogP contribution in [0.3, 0.4) is 0 Å². The molecule has 3 heterocycles. The van der Waals surface area contributed by atoms with Gasteiger partial charge in [-0.3, -0.25) is 14.9 Å². The molecule has 0 aliphatic carbocycles. The molecule has 0 bridgehead atoms. The number of thiazole rings is 1. The van der Waals surface area contributed by atoms with Crippen LogP contribution in [0.1, 0.15) is 21.6 Å². The summed E-state index contributed by atoms with van der Waals surface area (Å²) in [6.07, 6.45) is 0. The summed E-state index contributed by atoms with van der Waals surface area (Å²) in [7, 11) is 0. The van der Waals surface area contributed by atoms with Crippen LogP contribution in [0.2, 0.25) is 0 Å². The zero-order valence-electron chi connectivity index (χ0n) is 14.0. The topological polar surface area (TPSA) is 105 Å². The van der Waals surface area contributed by atoms with Gasteiger partial charge in [0.05, 0.1) is 5.69 Å². The van der Waals surface area contributed by atoms with Crippen LogP contribution in [0.25, 0.3) is 16.2 Å². The number of hydrogen-bond donors (Lipinski definition) is 2. The maximum Gasteiger partial charge on any atom is 0.278 e. The third kappa shape index (κ3) is 2.88. The Morgan fingerprint density at radius 1 is 1.23 bits per heavy atom. The van der Waals surface area contributed by atoms with Crippen LogP contribution in [0, 0.1) is 13.8 Å². The summed E-state index contributed by atoms with van der Waals surface area (Å²) in [6, 6.07) is 8.79. The summed E-state index contributed by atoms with van der Waals surface area (Å²) >= 11 is 1.44. The van der Waals surface area contributed by atoms with Crippen molar-refractivity contribution in [2.75, 3.05) is 5.32 Å². The number of nitrogens with one attached hydrogen (secondary N) is 2. The van der Waals surface area contributed by atoms with E-state index in [9.17, 15) is 9.59 Å². The number of anilines is 1. The van der Waals surface area contributed by atoms with Crippen molar-refractivity contribution in [2.24, 2.45) is 0 Å². The van der Waals surface area contributed by atoms with Gasteiger partial charge in [-0.2, -0.15) is 10.1 Å². The van der Waals surface area contributed by atoms with E-state index in [1.54, 1.807) is 4.52 Å².